The van der Waals surface area contributed by atoms with Crippen LogP contribution in [0.5, 0.6) is 11.5 Å². The first-order valence-electron chi connectivity index (χ1n) is 7.23. The molecule has 0 spiro atoms. The standard InChI is InChI=1S/C16H26N2O4/c1-16(2,3)14(19)8-9-17-15(20)18-11-6-7-12(21-4)13(10-11)22-5/h6-7,10,14,19H,8-9H2,1-5H3,(H2,17,18,20). The molecule has 0 radical (unpaired) electrons. The third kappa shape index (κ3) is 5.44. The Hall–Kier alpha value is -1.95. The highest BCUT2D eigenvalue weighted by Crippen LogP contribution is 2.29. The van der Waals surface area contributed by atoms with Crippen molar-refractivity contribution in [1.82, 2.24) is 5.32 Å². The Kier molecular flexibility index (Phi) is 6.49. The molecule has 0 bridgehead atoms. The van der Waals surface area contributed by atoms with Crippen LogP contribution in [-0.4, -0.2) is 38.0 Å². The molecule has 1 unspecified atom stereocenters. The molecule has 0 saturated carbocycles. The lowest BCUT2D eigenvalue weighted by atomic mass is 9.87. The number of nitrogens with one attached hydrogen (secondary N) is 2. The number of benzene rings is 1. The lowest BCUT2D eigenvalue weighted by Gasteiger charge is -2.25. The van der Waals surface area contributed by atoms with Crippen LogP contribution in [-0.2, 0) is 0 Å². The number of aliphatic hydroxyl groups is 1. The summed E-state index contributed by atoms with van der Waals surface area (Å²) in [5, 5.41) is 15.3. The van der Waals surface area contributed by atoms with Gasteiger partial charge in [-0.25, -0.2) is 4.79 Å². The summed E-state index contributed by atoms with van der Waals surface area (Å²) in [5.41, 5.74) is 0.410. The summed E-state index contributed by atoms with van der Waals surface area (Å²) in [6.45, 7) is 6.28. The maximum atomic E-state index is 11.8. The zero-order chi connectivity index (χ0) is 16.8. The fraction of sp³-hybridized carbons (Fsp3) is 0.562. The Morgan fingerprint density at radius 2 is 1.86 bits per heavy atom. The Labute approximate surface area is 131 Å². The first-order valence-corrected chi connectivity index (χ1v) is 7.23. The molecular weight excluding hydrogens is 284 g/mol. The highest BCUT2D eigenvalue weighted by atomic mass is 16.5. The highest BCUT2D eigenvalue weighted by molar-refractivity contribution is 5.89. The minimum atomic E-state index is -0.464. The second kappa shape index (κ2) is 7.89. The molecule has 1 atom stereocenters. The molecule has 1 aromatic carbocycles. The molecule has 0 heterocycles. The fourth-order valence-electron chi connectivity index (χ4n) is 1.84. The number of anilines is 1. The third-order valence-corrected chi connectivity index (χ3v) is 3.34. The van der Waals surface area contributed by atoms with E-state index in [0.717, 1.165) is 0 Å². The maximum absolute atomic E-state index is 11.8. The van der Waals surface area contributed by atoms with Crippen molar-refractivity contribution in [2.45, 2.75) is 33.3 Å². The number of carbonyl (C=O) groups is 1. The first-order chi connectivity index (χ1) is 10.3. The summed E-state index contributed by atoms with van der Waals surface area (Å²) in [6.07, 6.45) is 0.0388. The van der Waals surface area contributed by atoms with Crippen LogP contribution in [0, 0.1) is 5.41 Å². The molecule has 0 aromatic heterocycles. The van der Waals surface area contributed by atoms with Crippen molar-refractivity contribution in [2.24, 2.45) is 5.41 Å². The molecule has 2 amide bonds. The topological polar surface area (TPSA) is 79.8 Å². The minimum Gasteiger partial charge on any atom is -0.493 e. The minimum absolute atomic E-state index is 0.193. The zero-order valence-electron chi connectivity index (χ0n) is 13.9. The van der Waals surface area contributed by atoms with Crippen LogP contribution in [0.2, 0.25) is 0 Å². The second-order valence-corrected chi connectivity index (χ2v) is 6.12. The van der Waals surface area contributed by atoms with E-state index < -0.39 is 6.10 Å². The largest absolute Gasteiger partial charge is 0.493 e. The van der Waals surface area contributed by atoms with E-state index in [0.29, 0.717) is 30.2 Å². The Bertz CT molecular complexity index is 497. The van der Waals surface area contributed by atoms with Gasteiger partial charge in [0.05, 0.1) is 20.3 Å². The third-order valence-electron chi connectivity index (χ3n) is 3.34. The van der Waals surface area contributed by atoms with Gasteiger partial charge in [-0.05, 0) is 24.0 Å². The van der Waals surface area contributed by atoms with Gasteiger partial charge in [-0.15, -0.1) is 0 Å². The van der Waals surface area contributed by atoms with Crippen molar-refractivity contribution in [1.29, 1.82) is 0 Å². The van der Waals surface area contributed by atoms with Gasteiger partial charge in [0.1, 0.15) is 0 Å². The van der Waals surface area contributed by atoms with E-state index in [4.69, 9.17) is 9.47 Å². The number of amides is 2. The maximum Gasteiger partial charge on any atom is 0.319 e. The Balaban J connectivity index is 2.49. The average Bonchev–Trinajstić information content (AvgIpc) is 2.45. The Morgan fingerprint density at radius 3 is 2.41 bits per heavy atom. The summed E-state index contributed by atoms with van der Waals surface area (Å²) in [6, 6.07) is 4.80. The summed E-state index contributed by atoms with van der Waals surface area (Å²) >= 11 is 0. The van der Waals surface area contributed by atoms with Gasteiger partial charge in [0.25, 0.3) is 0 Å². The van der Waals surface area contributed by atoms with Crippen LogP contribution in [0.15, 0.2) is 18.2 Å². The van der Waals surface area contributed by atoms with E-state index in [-0.39, 0.29) is 11.4 Å². The number of urea groups is 1. The van der Waals surface area contributed by atoms with Crippen molar-refractivity contribution in [3.63, 3.8) is 0 Å². The number of ether oxygens (including phenoxy) is 2. The van der Waals surface area contributed by atoms with Crippen molar-refractivity contribution >= 4 is 11.7 Å². The van der Waals surface area contributed by atoms with Crippen LogP contribution in [0.1, 0.15) is 27.2 Å². The van der Waals surface area contributed by atoms with E-state index in [1.807, 2.05) is 20.8 Å². The number of rotatable bonds is 6. The molecule has 124 valence electrons. The van der Waals surface area contributed by atoms with Gasteiger partial charge in [0, 0.05) is 18.3 Å². The van der Waals surface area contributed by atoms with Crippen molar-refractivity contribution < 1.29 is 19.4 Å². The summed E-state index contributed by atoms with van der Waals surface area (Å²) in [7, 11) is 3.09. The van der Waals surface area contributed by atoms with Crippen molar-refractivity contribution in [2.75, 3.05) is 26.1 Å². The molecule has 0 fully saturated rings. The number of hydrogen-bond acceptors (Lipinski definition) is 4. The highest BCUT2D eigenvalue weighted by Gasteiger charge is 2.21. The van der Waals surface area contributed by atoms with Gasteiger partial charge in [-0.3, -0.25) is 0 Å². The molecule has 0 saturated heterocycles. The quantitative estimate of drug-likeness (QED) is 0.754. The second-order valence-electron chi connectivity index (χ2n) is 6.12. The molecule has 1 aromatic rings. The smallest absolute Gasteiger partial charge is 0.319 e. The number of hydrogen-bond donors (Lipinski definition) is 3. The number of carbonyl (C=O) groups excluding carboxylic acids is 1. The van der Waals surface area contributed by atoms with Gasteiger partial charge >= 0.3 is 6.03 Å². The SMILES string of the molecule is COc1ccc(NC(=O)NCCC(O)C(C)(C)C)cc1OC. The summed E-state index contributed by atoms with van der Waals surface area (Å²) in [4.78, 5) is 11.8. The first kappa shape index (κ1) is 18.1. The number of methoxy groups -OCH3 is 2. The molecule has 22 heavy (non-hydrogen) atoms. The monoisotopic (exact) mass is 310 g/mol. The zero-order valence-corrected chi connectivity index (χ0v) is 13.9. The van der Waals surface area contributed by atoms with Crippen LogP contribution >= 0.6 is 0 Å². The molecule has 6 heteroatoms. The predicted molar refractivity (Wildman–Crippen MR) is 86.6 cm³/mol. The molecular formula is C16H26N2O4. The van der Waals surface area contributed by atoms with Crippen molar-refractivity contribution in [3.05, 3.63) is 18.2 Å². The van der Waals surface area contributed by atoms with Gasteiger partial charge in [-0.1, -0.05) is 20.8 Å². The van der Waals surface area contributed by atoms with Crippen LogP contribution < -0.4 is 20.1 Å². The van der Waals surface area contributed by atoms with E-state index in [1.54, 1.807) is 25.3 Å². The lowest BCUT2D eigenvalue weighted by molar-refractivity contribution is 0.0565. The number of aliphatic hydroxyl groups excluding tert-OH is 1. The van der Waals surface area contributed by atoms with Gasteiger partial charge < -0.3 is 25.2 Å². The molecule has 0 aliphatic heterocycles. The van der Waals surface area contributed by atoms with Gasteiger partial charge in [0.15, 0.2) is 11.5 Å². The van der Waals surface area contributed by atoms with Crippen LogP contribution in [0.3, 0.4) is 0 Å². The van der Waals surface area contributed by atoms with E-state index in [2.05, 4.69) is 10.6 Å². The van der Waals surface area contributed by atoms with E-state index in [1.165, 1.54) is 7.11 Å². The van der Waals surface area contributed by atoms with Crippen LogP contribution in [0.4, 0.5) is 10.5 Å². The lowest BCUT2D eigenvalue weighted by Crippen LogP contribution is -2.34. The molecule has 1 rings (SSSR count). The summed E-state index contributed by atoms with van der Waals surface area (Å²) in [5.74, 6) is 1.14. The normalized spacial score (nSPS) is 12.5. The predicted octanol–water partition coefficient (Wildman–Crippen LogP) is 2.62. The van der Waals surface area contributed by atoms with Crippen LogP contribution in [0.25, 0.3) is 0 Å². The molecule has 0 aliphatic carbocycles. The molecule has 6 nitrogen and oxygen atoms in total. The van der Waals surface area contributed by atoms with Crippen molar-refractivity contribution in [3.8, 4) is 11.5 Å². The van der Waals surface area contributed by atoms with Gasteiger partial charge in [-0.2, -0.15) is 0 Å². The summed E-state index contributed by atoms with van der Waals surface area (Å²) < 4.78 is 10.3. The fourth-order valence-corrected chi connectivity index (χ4v) is 1.84. The van der Waals surface area contributed by atoms with E-state index >= 15 is 0 Å². The average molecular weight is 310 g/mol. The van der Waals surface area contributed by atoms with E-state index in [9.17, 15) is 9.90 Å². The molecule has 0 aliphatic rings. The Morgan fingerprint density at radius 1 is 1.23 bits per heavy atom. The molecule has 3 N–H and O–H groups in total. The van der Waals surface area contributed by atoms with Gasteiger partial charge in [0.2, 0.25) is 0 Å².